The van der Waals surface area contributed by atoms with Crippen molar-refractivity contribution in [2.45, 2.75) is 6.42 Å². The molecule has 0 fully saturated rings. The van der Waals surface area contributed by atoms with Crippen LogP contribution in [0.15, 0.2) is 152 Å². The van der Waals surface area contributed by atoms with Crippen molar-refractivity contribution in [3.63, 3.8) is 0 Å². The Morgan fingerprint density at radius 3 is 1.37 bits per heavy atom. The summed E-state index contributed by atoms with van der Waals surface area (Å²) in [4.78, 5) is 2.37. The first-order chi connectivity index (χ1) is 18.8. The Labute approximate surface area is 224 Å². The minimum atomic E-state index is 0.979. The Hall–Kier alpha value is -4.88. The van der Waals surface area contributed by atoms with E-state index < -0.39 is 0 Å². The van der Waals surface area contributed by atoms with Gasteiger partial charge in [-0.25, -0.2) is 0 Å². The van der Waals surface area contributed by atoms with Gasteiger partial charge in [0.15, 0.2) is 0 Å². The van der Waals surface area contributed by atoms with Gasteiger partial charge in [-0.1, -0.05) is 115 Å². The van der Waals surface area contributed by atoms with Crippen LogP contribution < -0.4 is 4.90 Å². The molecule has 0 saturated heterocycles. The second-order valence-corrected chi connectivity index (χ2v) is 9.84. The molecule has 0 aliphatic heterocycles. The number of nitrogens with zero attached hydrogens (tertiary/aromatic N) is 1. The first-order valence-corrected chi connectivity index (χ1v) is 13.2. The van der Waals surface area contributed by atoms with E-state index in [1.165, 1.54) is 50.2 Å². The molecule has 0 heterocycles. The fourth-order valence-corrected chi connectivity index (χ4v) is 5.58. The number of hydrogen-bond acceptors (Lipinski definition) is 1. The third kappa shape index (κ3) is 4.09. The van der Waals surface area contributed by atoms with Crippen LogP contribution in [0.5, 0.6) is 0 Å². The van der Waals surface area contributed by atoms with Crippen molar-refractivity contribution < 1.29 is 0 Å². The average molecular weight is 486 g/mol. The van der Waals surface area contributed by atoms with E-state index in [0.29, 0.717) is 0 Å². The molecule has 6 aromatic carbocycles. The van der Waals surface area contributed by atoms with Crippen molar-refractivity contribution in [1.29, 1.82) is 0 Å². The first kappa shape index (κ1) is 22.3. The molecule has 0 bridgehead atoms. The lowest BCUT2D eigenvalue weighted by molar-refractivity contribution is 1.23. The fraction of sp³-hybridized carbons (Fsp3) is 0.0270. The molecule has 38 heavy (non-hydrogen) atoms. The van der Waals surface area contributed by atoms with Crippen molar-refractivity contribution in [3.8, 4) is 33.4 Å². The molecule has 0 unspecified atom stereocenters. The molecule has 0 atom stereocenters. The van der Waals surface area contributed by atoms with Gasteiger partial charge in [0.05, 0.1) is 0 Å². The topological polar surface area (TPSA) is 3.24 Å². The standard InChI is InChI=1S/C37H27N/c1-3-9-27(10-4-1)29-15-19-33(20-16-29)38(34-21-17-30(18-22-34)28-11-5-2-6-12-28)35-23-24-37-32(26-35)25-31-13-7-8-14-36(31)37/h1-24,26H,25H2. The Balaban J connectivity index is 1.30. The van der Waals surface area contributed by atoms with E-state index in [9.17, 15) is 0 Å². The Bertz CT molecular complexity index is 1620. The molecule has 1 nitrogen and oxygen atoms in total. The molecular formula is C37H27N. The zero-order valence-corrected chi connectivity index (χ0v) is 21.1. The van der Waals surface area contributed by atoms with E-state index in [0.717, 1.165) is 17.8 Å². The molecule has 0 N–H and O–H groups in total. The summed E-state index contributed by atoms with van der Waals surface area (Å²) in [5, 5.41) is 0. The van der Waals surface area contributed by atoms with E-state index >= 15 is 0 Å². The van der Waals surface area contributed by atoms with E-state index in [4.69, 9.17) is 0 Å². The number of anilines is 3. The van der Waals surface area contributed by atoms with Crippen LogP contribution in [-0.4, -0.2) is 0 Å². The second kappa shape index (κ2) is 9.53. The molecule has 1 heteroatoms. The van der Waals surface area contributed by atoms with Gasteiger partial charge < -0.3 is 4.90 Å². The predicted molar refractivity (Wildman–Crippen MR) is 160 cm³/mol. The molecule has 0 saturated carbocycles. The summed E-state index contributed by atoms with van der Waals surface area (Å²) >= 11 is 0. The lowest BCUT2D eigenvalue weighted by atomic mass is 10.0. The van der Waals surface area contributed by atoms with Crippen molar-refractivity contribution >= 4 is 17.1 Å². The zero-order valence-electron chi connectivity index (χ0n) is 21.1. The Kier molecular flexibility index (Phi) is 5.60. The molecule has 6 aromatic rings. The van der Waals surface area contributed by atoms with Crippen LogP contribution in [0.25, 0.3) is 33.4 Å². The number of fused-ring (bicyclic) bond motifs is 3. The maximum atomic E-state index is 2.37. The highest BCUT2D eigenvalue weighted by atomic mass is 15.1. The lowest BCUT2D eigenvalue weighted by Crippen LogP contribution is -2.10. The van der Waals surface area contributed by atoms with Gasteiger partial charge in [-0.15, -0.1) is 0 Å². The molecular weight excluding hydrogens is 458 g/mol. The van der Waals surface area contributed by atoms with Crippen LogP contribution in [0.4, 0.5) is 17.1 Å². The van der Waals surface area contributed by atoms with Gasteiger partial charge in [0, 0.05) is 17.1 Å². The number of hydrogen-bond donors (Lipinski definition) is 0. The van der Waals surface area contributed by atoms with Crippen molar-refractivity contribution in [2.24, 2.45) is 0 Å². The predicted octanol–water partition coefficient (Wildman–Crippen LogP) is 10.1. The highest BCUT2D eigenvalue weighted by Crippen LogP contribution is 2.42. The van der Waals surface area contributed by atoms with Gasteiger partial charge in [-0.3, -0.25) is 0 Å². The van der Waals surface area contributed by atoms with Gasteiger partial charge in [-0.2, -0.15) is 0 Å². The smallest absolute Gasteiger partial charge is 0.0464 e. The van der Waals surface area contributed by atoms with Crippen LogP contribution in [0.3, 0.4) is 0 Å². The normalized spacial score (nSPS) is 11.6. The molecule has 7 rings (SSSR count). The average Bonchev–Trinajstić information content (AvgIpc) is 3.37. The van der Waals surface area contributed by atoms with Crippen LogP contribution in [0, 0.1) is 0 Å². The molecule has 0 radical (unpaired) electrons. The van der Waals surface area contributed by atoms with Gasteiger partial charge in [0.25, 0.3) is 0 Å². The summed E-state index contributed by atoms with van der Waals surface area (Å²) in [5.74, 6) is 0. The highest BCUT2D eigenvalue weighted by Gasteiger charge is 2.20. The second-order valence-electron chi connectivity index (χ2n) is 9.84. The number of rotatable bonds is 5. The van der Waals surface area contributed by atoms with Gasteiger partial charge in [0.2, 0.25) is 0 Å². The molecule has 1 aliphatic carbocycles. The Morgan fingerprint density at radius 2 is 0.789 bits per heavy atom. The summed E-state index contributed by atoms with van der Waals surface area (Å²) in [6, 6.07) is 54.6. The molecule has 0 amide bonds. The zero-order chi connectivity index (χ0) is 25.3. The molecule has 1 aliphatic rings. The third-order valence-corrected chi connectivity index (χ3v) is 7.50. The van der Waals surface area contributed by atoms with Crippen LogP contribution >= 0.6 is 0 Å². The molecule has 180 valence electrons. The monoisotopic (exact) mass is 485 g/mol. The Morgan fingerprint density at radius 1 is 0.342 bits per heavy atom. The third-order valence-electron chi connectivity index (χ3n) is 7.50. The SMILES string of the molecule is c1ccc(-c2ccc(N(c3ccc(-c4ccccc4)cc3)c3ccc4c(c3)Cc3ccccc3-4)cc2)cc1. The summed E-state index contributed by atoms with van der Waals surface area (Å²) in [7, 11) is 0. The largest absolute Gasteiger partial charge is 0.310 e. The van der Waals surface area contributed by atoms with E-state index in [-0.39, 0.29) is 0 Å². The van der Waals surface area contributed by atoms with Crippen LogP contribution in [-0.2, 0) is 6.42 Å². The minimum Gasteiger partial charge on any atom is -0.310 e. The van der Waals surface area contributed by atoms with Crippen LogP contribution in [0.1, 0.15) is 11.1 Å². The van der Waals surface area contributed by atoms with Crippen LogP contribution in [0.2, 0.25) is 0 Å². The van der Waals surface area contributed by atoms with Crippen molar-refractivity contribution in [1.82, 2.24) is 0 Å². The highest BCUT2D eigenvalue weighted by molar-refractivity contribution is 5.84. The van der Waals surface area contributed by atoms with Crippen molar-refractivity contribution in [2.75, 3.05) is 4.90 Å². The summed E-state index contributed by atoms with van der Waals surface area (Å²) < 4.78 is 0. The quantitative estimate of drug-likeness (QED) is 0.234. The fourth-order valence-electron chi connectivity index (χ4n) is 5.58. The van der Waals surface area contributed by atoms with Gasteiger partial charge in [-0.05, 0) is 87.3 Å². The number of benzene rings is 6. The van der Waals surface area contributed by atoms with Gasteiger partial charge in [0.1, 0.15) is 0 Å². The molecule has 0 aromatic heterocycles. The summed E-state index contributed by atoms with van der Waals surface area (Å²) in [6.45, 7) is 0. The lowest BCUT2D eigenvalue weighted by Gasteiger charge is -2.26. The summed E-state index contributed by atoms with van der Waals surface area (Å²) in [5.41, 5.74) is 13.9. The minimum absolute atomic E-state index is 0.979. The maximum absolute atomic E-state index is 2.37. The summed E-state index contributed by atoms with van der Waals surface area (Å²) in [6.07, 6.45) is 0.979. The maximum Gasteiger partial charge on any atom is 0.0464 e. The van der Waals surface area contributed by atoms with E-state index in [1.54, 1.807) is 0 Å². The molecule has 0 spiro atoms. The van der Waals surface area contributed by atoms with E-state index in [2.05, 4.69) is 157 Å². The van der Waals surface area contributed by atoms with E-state index in [1.807, 2.05) is 0 Å². The first-order valence-electron chi connectivity index (χ1n) is 13.2. The van der Waals surface area contributed by atoms with Gasteiger partial charge >= 0.3 is 0 Å². The van der Waals surface area contributed by atoms with Crippen molar-refractivity contribution in [3.05, 3.63) is 163 Å².